The molecule has 1 unspecified atom stereocenters. The van der Waals surface area contributed by atoms with Crippen LogP contribution < -0.4 is 15.6 Å². The monoisotopic (exact) mass is 512 g/mol. The van der Waals surface area contributed by atoms with E-state index >= 15 is 0 Å². The van der Waals surface area contributed by atoms with Gasteiger partial charge in [-0.05, 0) is 61.9 Å². The van der Waals surface area contributed by atoms with E-state index in [1.165, 1.54) is 22.2 Å². The fraction of sp³-hybridized carbons (Fsp3) is 0.233. The normalized spacial score (nSPS) is 15.0. The molecule has 2 amide bonds. The maximum absolute atomic E-state index is 12.9. The van der Waals surface area contributed by atoms with E-state index in [4.69, 9.17) is 0 Å². The second kappa shape index (κ2) is 11.6. The Bertz CT molecular complexity index is 1440. The molecule has 4 aromatic rings. The number of amides is 2. The number of phenolic OH excluding ortho intramolecular Hbond substituents is 1. The molecule has 1 fully saturated rings. The highest BCUT2D eigenvalue weighted by Gasteiger charge is 2.46. The Morgan fingerprint density at radius 3 is 1.71 bits per heavy atom. The van der Waals surface area contributed by atoms with E-state index in [9.17, 15) is 19.5 Å². The molecule has 8 nitrogen and oxygen atoms in total. The number of nitrogens with zero attached hydrogens (tertiary/aromatic N) is 4. The molecule has 1 atom stereocenters. The standard InChI is InChI=1S/C19H20N2O3.C11H12N2O/c1-2-3-9-17-18(23)20(14-7-5-4-6-8-14)21(19(17)24)15-10-12-16(22)13-11-15;1-9-8-11(14)13(12(9)2)10-6-4-3-5-7-10/h4-8,10-13,17,22H,2-3,9H2,1H3;3-8H,1-2H3. The number of aromatic nitrogens is 2. The van der Waals surface area contributed by atoms with Crippen molar-refractivity contribution in [3.8, 4) is 11.4 Å². The summed E-state index contributed by atoms with van der Waals surface area (Å²) in [6.45, 7) is 3.96. The molecule has 8 heteroatoms. The van der Waals surface area contributed by atoms with Crippen molar-refractivity contribution in [3.05, 3.63) is 107 Å². The molecular weight excluding hydrogens is 480 g/mol. The fourth-order valence-electron chi connectivity index (χ4n) is 4.41. The van der Waals surface area contributed by atoms with Gasteiger partial charge in [0.25, 0.3) is 17.4 Å². The molecule has 1 aliphatic rings. The molecule has 196 valence electrons. The number of rotatable bonds is 6. The molecule has 38 heavy (non-hydrogen) atoms. The highest BCUT2D eigenvalue weighted by Crippen LogP contribution is 2.34. The first-order valence-corrected chi connectivity index (χ1v) is 12.7. The van der Waals surface area contributed by atoms with Gasteiger partial charge in [-0.1, -0.05) is 56.2 Å². The number of carbonyl (C=O) groups is 2. The predicted molar refractivity (Wildman–Crippen MR) is 148 cm³/mol. The maximum Gasteiger partial charge on any atom is 0.271 e. The number of carbonyl (C=O) groups excluding carboxylic acids is 2. The Hall–Kier alpha value is -4.59. The van der Waals surface area contributed by atoms with Crippen molar-refractivity contribution in [2.45, 2.75) is 33.1 Å². The lowest BCUT2D eigenvalue weighted by Gasteiger charge is -2.27. The van der Waals surface area contributed by atoms with Crippen LogP contribution in [0, 0.1) is 12.8 Å². The molecule has 2 heterocycles. The van der Waals surface area contributed by atoms with E-state index in [-0.39, 0.29) is 23.1 Å². The molecule has 0 radical (unpaired) electrons. The van der Waals surface area contributed by atoms with E-state index in [0.717, 1.165) is 24.2 Å². The molecule has 0 bridgehead atoms. The fourth-order valence-corrected chi connectivity index (χ4v) is 4.41. The summed E-state index contributed by atoms with van der Waals surface area (Å²) in [5, 5.41) is 12.3. The van der Waals surface area contributed by atoms with Crippen LogP contribution in [0.3, 0.4) is 0 Å². The lowest BCUT2D eigenvalue weighted by Crippen LogP contribution is -2.41. The van der Waals surface area contributed by atoms with Gasteiger partial charge >= 0.3 is 0 Å². The second-order valence-corrected chi connectivity index (χ2v) is 9.14. The van der Waals surface area contributed by atoms with Crippen molar-refractivity contribution in [3.63, 3.8) is 0 Å². The van der Waals surface area contributed by atoms with Crippen molar-refractivity contribution in [1.29, 1.82) is 0 Å². The summed E-state index contributed by atoms with van der Waals surface area (Å²) in [5.74, 6) is -0.958. The van der Waals surface area contributed by atoms with E-state index in [1.54, 1.807) is 35.0 Å². The van der Waals surface area contributed by atoms with E-state index in [0.29, 0.717) is 17.8 Å². The Morgan fingerprint density at radius 1 is 0.737 bits per heavy atom. The van der Waals surface area contributed by atoms with Crippen molar-refractivity contribution in [2.24, 2.45) is 13.0 Å². The third-order valence-corrected chi connectivity index (χ3v) is 6.51. The Labute approximate surface area is 221 Å². The van der Waals surface area contributed by atoms with Crippen LogP contribution in [0.25, 0.3) is 5.69 Å². The molecule has 0 spiro atoms. The molecule has 1 aromatic heterocycles. The molecular formula is C30H32N4O4. The second-order valence-electron chi connectivity index (χ2n) is 9.14. The van der Waals surface area contributed by atoms with Gasteiger partial charge in [0.2, 0.25) is 0 Å². The zero-order valence-electron chi connectivity index (χ0n) is 21.8. The molecule has 0 aliphatic carbocycles. The summed E-state index contributed by atoms with van der Waals surface area (Å²) in [6, 6.07) is 26.7. The maximum atomic E-state index is 12.9. The number of hydrazine groups is 1. The number of phenols is 1. The summed E-state index contributed by atoms with van der Waals surface area (Å²) in [4.78, 5) is 37.4. The molecule has 0 saturated carbocycles. The predicted octanol–water partition coefficient (Wildman–Crippen LogP) is 4.98. The lowest BCUT2D eigenvalue weighted by molar-refractivity contribution is -0.127. The lowest BCUT2D eigenvalue weighted by atomic mass is 10.0. The van der Waals surface area contributed by atoms with Crippen LogP contribution in [0.4, 0.5) is 11.4 Å². The van der Waals surface area contributed by atoms with Crippen molar-refractivity contribution >= 4 is 23.2 Å². The highest BCUT2D eigenvalue weighted by molar-refractivity contribution is 6.23. The smallest absolute Gasteiger partial charge is 0.271 e. The molecule has 1 aliphatic heterocycles. The number of hydrogen-bond acceptors (Lipinski definition) is 4. The summed E-state index contributed by atoms with van der Waals surface area (Å²) in [6.07, 6.45) is 2.31. The Balaban J connectivity index is 0.000000204. The highest BCUT2D eigenvalue weighted by atomic mass is 16.3. The minimum absolute atomic E-state index is 0.0104. The first kappa shape index (κ1) is 26.5. The van der Waals surface area contributed by atoms with Gasteiger partial charge in [-0.2, -0.15) is 0 Å². The zero-order chi connectivity index (χ0) is 27.2. The van der Waals surface area contributed by atoms with Gasteiger partial charge in [0.1, 0.15) is 11.7 Å². The van der Waals surface area contributed by atoms with Gasteiger partial charge in [-0.25, -0.2) is 14.7 Å². The van der Waals surface area contributed by atoms with Gasteiger partial charge in [0, 0.05) is 18.8 Å². The van der Waals surface area contributed by atoms with E-state index < -0.39 is 5.92 Å². The first-order chi connectivity index (χ1) is 18.3. The summed E-state index contributed by atoms with van der Waals surface area (Å²) in [5.41, 5.74) is 3.08. The number of aryl methyl sites for hydroxylation is 1. The third-order valence-electron chi connectivity index (χ3n) is 6.51. The van der Waals surface area contributed by atoms with Crippen molar-refractivity contribution in [1.82, 2.24) is 9.36 Å². The molecule has 3 aromatic carbocycles. The van der Waals surface area contributed by atoms with Crippen LogP contribution in [-0.2, 0) is 16.6 Å². The quantitative estimate of drug-likeness (QED) is 0.369. The van der Waals surface area contributed by atoms with Gasteiger partial charge in [-0.3, -0.25) is 19.1 Å². The van der Waals surface area contributed by atoms with Crippen LogP contribution in [0.1, 0.15) is 31.9 Å². The van der Waals surface area contributed by atoms with Crippen LogP contribution in [-0.4, -0.2) is 26.3 Å². The Kier molecular flexibility index (Phi) is 8.11. The van der Waals surface area contributed by atoms with Crippen molar-refractivity contribution in [2.75, 3.05) is 10.0 Å². The van der Waals surface area contributed by atoms with Gasteiger partial charge in [-0.15, -0.1) is 0 Å². The SMILES string of the molecule is CCCCC1C(=O)N(c2ccccc2)N(c2ccc(O)cc2)C1=O.Cc1cc(=O)n(-c2ccccc2)n1C. The minimum atomic E-state index is -0.654. The number of benzene rings is 3. The summed E-state index contributed by atoms with van der Waals surface area (Å²) in [7, 11) is 1.88. The number of aromatic hydroxyl groups is 1. The minimum Gasteiger partial charge on any atom is -0.508 e. The van der Waals surface area contributed by atoms with E-state index in [1.807, 2.05) is 74.1 Å². The topological polar surface area (TPSA) is 87.8 Å². The largest absolute Gasteiger partial charge is 0.508 e. The summed E-state index contributed by atoms with van der Waals surface area (Å²) < 4.78 is 3.49. The summed E-state index contributed by atoms with van der Waals surface area (Å²) >= 11 is 0. The van der Waals surface area contributed by atoms with Gasteiger partial charge in [0.15, 0.2) is 0 Å². The average Bonchev–Trinajstić information content (AvgIpc) is 3.34. The first-order valence-electron chi connectivity index (χ1n) is 12.7. The van der Waals surface area contributed by atoms with Crippen molar-refractivity contribution < 1.29 is 14.7 Å². The van der Waals surface area contributed by atoms with Gasteiger partial charge in [0.05, 0.1) is 17.1 Å². The number of para-hydroxylation sites is 2. The number of hydrogen-bond donors (Lipinski definition) is 1. The van der Waals surface area contributed by atoms with E-state index in [2.05, 4.69) is 0 Å². The van der Waals surface area contributed by atoms with Crippen LogP contribution in [0.2, 0.25) is 0 Å². The average molecular weight is 513 g/mol. The third kappa shape index (κ3) is 5.39. The van der Waals surface area contributed by atoms with Crippen LogP contribution >= 0.6 is 0 Å². The molecule has 1 N–H and O–H groups in total. The molecule has 1 saturated heterocycles. The molecule has 5 rings (SSSR count). The van der Waals surface area contributed by atoms with Crippen LogP contribution in [0.5, 0.6) is 5.75 Å². The van der Waals surface area contributed by atoms with Crippen LogP contribution in [0.15, 0.2) is 95.8 Å². The zero-order valence-corrected chi connectivity index (χ0v) is 21.8. The van der Waals surface area contributed by atoms with Gasteiger partial charge < -0.3 is 5.11 Å². The Morgan fingerprint density at radius 2 is 1.24 bits per heavy atom. The number of unbranched alkanes of at least 4 members (excludes halogenated alkanes) is 1. The number of anilines is 2.